The molecule has 0 aliphatic carbocycles. The maximum absolute atomic E-state index is 13.2. The van der Waals surface area contributed by atoms with Crippen molar-refractivity contribution >= 4 is 0 Å². The molecule has 0 aliphatic heterocycles. The van der Waals surface area contributed by atoms with Crippen LogP contribution in [0.3, 0.4) is 0 Å². The minimum Gasteiger partial charge on any atom is -0.380 e. The summed E-state index contributed by atoms with van der Waals surface area (Å²) in [6, 6.07) is 2.56. The summed E-state index contributed by atoms with van der Waals surface area (Å²) in [5.74, 6) is -1.01. The molecule has 0 fully saturated rings. The van der Waals surface area contributed by atoms with E-state index in [9.17, 15) is 8.78 Å². The van der Waals surface area contributed by atoms with Gasteiger partial charge in [0.2, 0.25) is 0 Å². The third kappa shape index (κ3) is 2.27. The van der Waals surface area contributed by atoms with Gasteiger partial charge in [-0.2, -0.15) is 0 Å². The molecule has 0 radical (unpaired) electrons. The van der Waals surface area contributed by atoms with Crippen molar-refractivity contribution in [2.24, 2.45) is 5.73 Å². The fraction of sp³-hybridized carbons (Fsp3) is 0.400. The lowest BCUT2D eigenvalue weighted by Crippen LogP contribution is -2.26. The molecule has 0 saturated heterocycles. The quantitative estimate of drug-likeness (QED) is 0.811. The molecule has 1 rings (SSSR count). The van der Waals surface area contributed by atoms with Gasteiger partial charge in [-0.15, -0.1) is 0 Å². The van der Waals surface area contributed by atoms with Crippen LogP contribution in [0.15, 0.2) is 18.2 Å². The molecule has 2 nitrogen and oxygen atoms in total. The summed E-state index contributed by atoms with van der Waals surface area (Å²) >= 11 is 0. The van der Waals surface area contributed by atoms with E-state index in [1.165, 1.54) is 7.11 Å². The highest BCUT2D eigenvalue weighted by molar-refractivity contribution is 5.22. The zero-order valence-corrected chi connectivity index (χ0v) is 8.13. The van der Waals surface area contributed by atoms with Crippen molar-refractivity contribution in [2.75, 3.05) is 7.11 Å². The second-order valence-electron chi connectivity index (χ2n) is 3.13. The summed E-state index contributed by atoms with van der Waals surface area (Å²) in [5.41, 5.74) is 5.83. The molecule has 1 aromatic carbocycles. The van der Waals surface area contributed by atoms with Crippen molar-refractivity contribution in [1.29, 1.82) is 0 Å². The Bertz CT molecular complexity index is 317. The number of halogens is 2. The average Bonchev–Trinajstić information content (AvgIpc) is 2.19. The van der Waals surface area contributed by atoms with Gasteiger partial charge in [0, 0.05) is 12.7 Å². The van der Waals surface area contributed by atoms with Crippen LogP contribution in [0.5, 0.6) is 0 Å². The van der Waals surface area contributed by atoms with Crippen LogP contribution in [-0.2, 0) is 4.74 Å². The SMILES string of the molecule is COC(C)C(N)c1cc(F)ccc1F. The van der Waals surface area contributed by atoms with Crippen LogP contribution in [0.25, 0.3) is 0 Å². The first kappa shape index (κ1) is 11.1. The Hall–Kier alpha value is -1.00. The lowest BCUT2D eigenvalue weighted by Gasteiger charge is -2.19. The van der Waals surface area contributed by atoms with E-state index in [0.29, 0.717) is 0 Å². The molecule has 0 bridgehead atoms. The van der Waals surface area contributed by atoms with Gasteiger partial charge in [0.15, 0.2) is 0 Å². The summed E-state index contributed by atoms with van der Waals surface area (Å²) in [4.78, 5) is 0. The van der Waals surface area contributed by atoms with E-state index in [-0.39, 0.29) is 11.7 Å². The maximum atomic E-state index is 13.2. The van der Waals surface area contributed by atoms with Gasteiger partial charge in [0.25, 0.3) is 0 Å². The third-order valence-electron chi connectivity index (χ3n) is 2.19. The van der Waals surface area contributed by atoms with E-state index >= 15 is 0 Å². The number of hydrogen-bond acceptors (Lipinski definition) is 2. The molecule has 1 aromatic rings. The number of hydrogen-bond donors (Lipinski definition) is 1. The van der Waals surface area contributed by atoms with Gasteiger partial charge in [-0.05, 0) is 25.1 Å². The zero-order valence-electron chi connectivity index (χ0n) is 8.13. The van der Waals surface area contributed by atoms with Gasteiger partial charge in [-0.1, -0.05) is 0 Å². The molecule has 0 amide bonds. The Morgan fingerprint density at radius 1 is 1.36 bits per heavy atom. The standard InChI is InChI=1S/C10H13F2NO/c1-6(14-2)10(13)8-5-7(11)3-4-9(8)12/h3-6,10H,13H2,1-2H3. The van der Waals surface area contributed by atoms with Crippen molar-refractivity contribution in [3.05, 3.63) is 35.4 Å². The fourth-order valence-electron chi connectivity index (χ4n) is 1.17. The molecule has 0 spiro atoms. The van der Waals surface area contributed by atoms with E-state index in [2.05, 4.69) is 0 Å². The molecule has 2 atom stereocenters. The largest absolute Gasteiger partial charge is 0.380 e. The van der Waals surface area contributed by atoms with Crippen molar-refractivity contribution in [2.45, 2.75) is 19.1 Å². The molecular formula is C10H13F2NO. The van der Waals surface area contributed by atoms with Crippen LogP contribution in [-0.4, -0.2) is 13.2 Å². The van der Waals surface area contributed by atoms with Crippen molar-refractivity contribution < 1.29 is 13.5 Å². The molecule has 0 heterocycles. The van der Waals surface area contributed by atoms with E-state index in [1.807, 2.05) is 0 Å². The Kier molecular flexibility index (Phi) is 3.55. The van der Waals surface area contributed by atoms with Crippen LogP contribution in [0.2, 0.25) is 0 Å². The highest BCUT2D eigenvalue weighted by Crippen LogP contribution is 2.20. The predicted octanol–water partition coefficient (Wildman–Crippen LogP) is 2.00. The molecule has 78 valence electrons. The van der Waals surface area contributed by atoms with Gasteiger partial charge in [-0.3, -0.25) is 0 Å². The Balaban J connectivity index is 2.99. The Labute approximate surface area is 81.7 Å². The first-order chi connectivity index (χ1) is 6.56. The summed E-state index contributed by atoms with van der Waals surface area (Å²) in [7, 11) is 1.47. The molecule has 14 heavy (non-hydrogen) atoms. The summed E-state index contributed by atoms with van der Waals surface area (Å²) in [6.07, 6.45) is -0.355. The molecule has 2 unspecified atom stereocenters. The van der Waals surface area contributed by atoms with Gasteiger partial charge in [0.05, 0.1) is 12.1 Å². The lowest BCUT2D eigenvalue weighted by molar-refractivity contribution is 0.0945. The first-order valence-electron chi connectivity index (χ1n) is 4.29. The zero-order chi connectivity index (χ0) is 10.7. The highest BCUT2D eigenvalue weighted by atomic mass is 19.1. The Morgan fingerprint density at radius 2 is 2.00 bits per heavy atom. The lowest BCUT2D eigenvalue weighted by atomic mass is 10.0. The van der Waals surface area contributed by atoms with Crippen molar-refractivity contribution in [3.8, 4) is 0 Å². The Morgan fingerprint density at radius 3 is 2.57 bits per heavy atom. The van der Waals surface area contributed by atoms with Crippen LogP contribution in [0.1, 0.15) is 18.5 Å². The normalized spacial score (nSPS) is 15.2. The van der Waals surface area contributed by atoms with E-state index < -0.39 is 17.7 Å². The second-order valence-corrected chi connectivity index (χ2v) is 3.13. The van der Waals surface area contributed by atoms with Gasteiger partial charge >= 0.3 is 0 Å². The molecule has 2 N–H and O–H groups in total. The molecular weight excluding hydrogens is 188 g/mol. The highest BCUT2D eigenvalue weighted by Gasteiger charge is 2.18. The van der Waals surface area contributed by atoms with Crippen molar-refractivity contribution in [1.82, 2.24) is 0 Å². The first-order valence-corrected chi connectivity index (χ1v) is 4.29. The van der Waals surface area contributed by atoms with Crippen LogP contribution in [0, 0.1) is 11.6 Å². The number of ether oxygens (including phenoxy) is 1. The van der Waals surface area contributed by atoms with Crippen LogP contribution in [0.4, 0.5) is 8.78 Å². The number of nitrogens with two attached hydrogens (primary N) is 1. The topological polar surface area (TPSA) is 35.2 Å². The van der Waals surface area contributed by atoms with Crippen LogP contribution < -0.4 is 5.73 Å². The van der Waals surface area contributed by atoms with Gasteiger partial charge in [0.1, 0.15) is 11.6 Å². The monoisotopic (exact) mass is 201 g/mol. The third-order valence-corrected chi connectivity index (χ3v) is 2.19. The van der Waals surface area contributed by atoms with E-state index in [1.54, 1.807) is 6.92 Å². The van der Waals surface area contributed by atoms with Gasteiger partial charge in [-0.25, -0.2) is 8.78 Å². The average molecular weight is 201 g/mol. The minimum atomic E-state index is -0.657. The molecule has 4 heteroatoms. The number of methoxy groups -OCH3 is 1. The molecule has 0 aromatic heterocycles. The number of rotatable bonds is 3. The van der Waals surface area contributed by atoms with E-state index in [4.69, 9.17) is 10.5 Å². The molecule has 0 aliphatic rings. The smallest absolute Gasteiger partial charge is 0.128 e. The van der Waals surface area contributed by atoms with Crippen LogP contribution >= 0.6 is 0 Å². The summed E-state index contributed by atoms with van der Waals surface area (Å²) in [5, 5.41) is 0. The summed E-state index contributed by atoms with van der Waals surface area (Å²) in [6.45, 7) is 1.70. The van der Waals surface area contributed by atoms with Crippen molar-refractivity contribution in [3.63, 3.8) is 0 Å². The van der Waals surface area contributed by atoms with E-state index in [0.717, 1.165) is 18.2 Å². The van der Waals surface area contributed by atoms with Gasteiger partial charge < -0.3 is 10.5 Å². The maximum Gasteiger partial charge on any atom is 0.128 e. The fourth-order valence-corrected chi connectivity index (χ4v) is 1.17. The summed E-state index contributed by atoms with van der Waals surface area (Å²) < 4.78 is 31.0. The predicted molar refractivity (Wildman–Crippen MR) is 49.8 cm³/mol. The molecule has 0 saturated carbocycles. The second kappa shape index (κ2) is 4.48. The minimum absolute atomic E-state index is 0.138. The number of benzene rings is 1.